The maximum atomic E-state index is 13.5. The number of aromatic nitrogens is 1. The summed E-state index contributed by atoms with van der Waals surface area (Å²) >= 11 is 0. The van der Waals surface area contributed by atoms with Crippen LogP contribution in [0.25, 0.3) is 16.5 Å². The molecule has 0 saturated carbocycles. The predicted octanol–water partition coefficient (Wildman–Crippen LogP) is 5.08. The van der Waals surface area contributed by atoms with Crippen LogP contribution in [0.15, 0.2) is 90.0 Å². The molecule has 0 bridgehead atoms. The van der Waals surface area contributed by atoms with Gasteiger partial charge in [-0.2, -0.15) is 0 Å². The molecule has 0 spiro atoms. The molecule has 2 heterocycles. The van der Waals surface area contributed by atoms with E-state index in [-0.39, 0.29) is 0 Å². The molecule has 0 fully saturated rings. The zero-order valence-electron chi connectivity index (χ0n) is 16.9. The van der Waals surface area contributed by atoms with Gasteiger partial charge in [0.2, 0.25) is 0 Å². The van der Waals surface area contributed by atoms with Crippen molar-refractivity contribution in [3.8, 4) is 0 Å². The van der Waals surface area contributed by atoms with Crippen molar-refractivity contribution in [1.82, 2.24) is 8.87 Å². The van der Waals surface area contributed by atoms with Crippen LogP contribution in [0, 0.1) is 6.92 Å². The van der Waals surface area contributed by atoms with Crippen LogP contribution in [0.1, 0.15) is 22.4 Å². The van der Waals surface area contributed by atoms with Gasteiger partial charge in [-0.15, -0.1) is 0 Å². The Balaban J connectivity index is 1.75. The molecular weight excluding hydrogens is 392 g/mol. The summed E-state index contributed by atoms with van der Waals surface area (Å²) in [4.78, 5) is 0.305. The molecule has 30 heavy (non-hydrogen) atoms. The lowest BCUT2D eigenvalue weighted by Gasteiger charge is -2.28. The van der Waals surface area contributed by atoms with Crippen molar-refractivity contribution in [2.24, 2.45) is 7.05 Å². The Morgan fingerprint density at radius 1 is 0.833 bits per heavy atom. The van der Waals surface area contributed by atoms with Crippen LogP contribution in [0.3, 0.4) is 0 Å². The Labute approximate surface area is 176 Å². The summed E-state index contributed by atoms with van der Waals surface area (Å²) in [6, 6.07) is 25.2. The third-order valence-corrected chi connectivity index (χ3v) is 7.51. The Hall–Kier alpha value is -3.31. The Morgan fingerprint density at radius 3 is 2.23 bits per heavy atom. The summed E-state index contributed by atoms with van der Waals surface area (Å²) in [6.45, 7) is 2.25. The highest BCUT2D eigenvalue weighted by Gasteiger charge is 2.31. The lowest BCUT2D eigenvalue weighted by atomic mass is 9.94. The molecule has 1 aromatic heterocycles. The molecule has 0 unspecified atom stereocenters. The molecule has 0 atom stereocenters. The van der Waals surface area contributed by atoms with Crippen LogP contribution in [0.2, 0.25) is 0 Å². The molecule has 5 heteroatoms. The van der Waals surface area contributed by atoms with Crippen molar-refractivity contribution in [3.63, 3.8) is 0 Å². The highest BCUT2D eigenvalue weighted by Crippen LogP contribution is 2.40. The molecule has 0 N–H and O–H groups in total. The maximum Gasteiger partial charge on any atom is 0.264 e. The van der Waals surface area contributed by atoms with Gasteiger partial charge < -0.3 is 4.57 Å². The zero-order valence-corrected chi connectivity index (χ0v) is 17.7. The molecule has 0 saturated heterocycles. The highest BCUT2D eigenvalue weighted by atomic mass is 32.2. The summed E-state index contributed by atoms with van der Waals surface area (Å²) in [5, 5.41) is 1.14. The monoisotopic (exact) mass is 414 g/mol. The number of benzene rings is 3. The smallest absolute Gasteiger partial charge is 0.264 e. The number of rotatable bonds is 3. The van der Waals surface area contributed by atoms with E-state index in [9.17, 15) is 8.42 Å². The van der Waals surface area contributed by atoms with Gasteiger partial charge in [0.05, 0.1) is 11.4 Å². The number of hydrogen-bond acceptors (Lipinski definition) is 2. The quantitative estimate of drug-likeness (QED) is 0.469. The molecule has 150 valence electrons. The fourth-order valence-corrected chi connectivity index (χ4v) is 5.46. The third-order valence-electron chi connectivity index (χ3n) is 5.79. The number of nitrogens with zero attached hydrogens (tertiary/aromatic N) is 2. The fourth-order valence-electron chi connectivity index (χ4n) is 4.17. The van der Waals surface area contributed by atoms with E-state index >= 15 is 0 Å². The topological polar surface area (TPSA) is 42.3 Å². The highest BCUT2D eigenvalue weighted by molar-refractivity contribution is 7.89. The summed E-state index contributed by atoms with van der Waals surface area (Å²) in [7, 11) is -1.67. The van der Waals surface area contributed by atoms with Crippen molar-refractivity contribution in [2.45, 2.75) is 18.4 Å². The van der Waals surface area contributed by atoms with Gasteiger partial charge in [0, 0.05) is 41.0 Å². The summed E-state index contributed by atoms with van der Waals surface area (Å²) in [6.07, 6.45) is 1.79. The molecular formula is C25H22N2O2S. The van der Waals surface area contributed by atoms with E-state index in [1.165, 1.54) is 4.31 Å². The molecule has 3 aromatic carbocycles. The SMILES string of the molecule is Cc1ccc(S(=O)(=O)N2C=C(c3ccccc3)c3c(n(C)c4ccccc34)C2)cc1. The van der Waals surface area contributed by atoms with Crippen molar-refractivity contribution < 1.29 is 8.42 Å². The van der Waals surface area contributed by atoms with Gasteiger partial charge in [-0.25, -0.2) is 8.42 Å². The Morgan fingerprint density at radius 2 is 1.50 bits per heavy atom. The van der Waals surface area contributed by atoms with Crippen LogP contribution >= 0.6 is 0 Å². The lowest BCUT2D eigenvalue weighted by molar-refractivity contribution is 0.483. The molecule has 4 aromatic rings. The van der Waals surface area contributed by atoms with Crippen LogP contribution in [-0.2, 0) is 23.6 Å². The number of sulfonamides is 1. The normalized spacial score (nSPS) is 13.9. The van der Waals surface area contributed by atoms with E-state index < -0.39 is 10.0 Å². The number of fused-ring (bicyclic) bond motifs is 3. The Bertz CT molecular complexity index is 1380. The summed E-state index contributed by atoms with van der Waals surface area (Å²) in [5.74, 6) is 0. The second kappa shape index (κ2) is 6.89. The van der Waals surface area contributed by atoms with E-state index in [1.54, 1.807) is 18.3 Å². The second-order valence-electron chi connectivity index (χ2n) is 7.67. The molecule has 5 rings (SSSR count). The minimum Gasteiger partial charge on any atom is -0.345 e. The standard InChI is InChI=1S/C25H22N2O2S/c1-18-12-14-20(15-13-18)30(28,29)27-16-22(19-8-4-3-5-9-19)25-21-10-6-7-11-23(21)26(2)24(25)17-27/h3-16H,17H2,1-2H3. The molecule has 0 radical (unpaired) electrons. The summed E-state index contributed by atoms with van der Waals surface area (Å²) in [5.41, 5.74) is 6.15. The van der Waals surface area contributed by atoms with Gasteiger partial charge >= 0.3 is 0 Å². The predicted molar refractivity (Wildman–Crippen MR) is 120 cm³/mol. The minimum absolute atomic E-state index is 0.299. The first-order valence-corrected chi connectivity index (χ1v) is 11.3. The average molecular weight is 415 g/mol. The van der Waals surface area contributed by atoms with Crippen molar-refractivity contribution in [2.75, 3.05) is 0 Å². The molecule has 1 aliphatic rings. The Kier molecular flexibility index (Phi) is 4.29. The molecule has 0 amide bonds. The third kappa shape index (κ3) is 2.85. The number of hydrogen-bond donors (Lipinski definition) is 0. The van der Waals surface area contributed by atoms with E-state index in [2.05, 4.69) is 16.7 Å². The fraction of sp³-hybridized carbons (Fsp3) is 0.120. The van der Waals surface area contributed by atoms with Gasteiger partial charge in [0.15, 0.2) is 0 Å². The number of aryl methyl sites for hydroxylation is 2. The summed E-state index contributed by atoms with van der Waals surface area (Å²) < 4.78 is 30.6. The van der Waals surface area contributed by atoms with Gasteiger partial charge in [-0.1, -0.05) is 66.2 Å². The molecule has 0 aliphatic carbocycles. The van der Waals surface area contributed by atoms with Crippen molar-refractivity contribution >= 4 is 26.5 Å². The second-order valence-corrected chi connectivity index (χ2v) is 9.56. The largest absolute Gasteiger partial charge is 0.345 e. The first kappa shape index (κ1) is 18.7. The van der Waals surface area contributed by atoms with Crippen LogP contribution in [-0.4, -0.2) is 17.3 Å². The van der Waals surface area contributed by atoms with Gasteiger partial charge in [-0.05, 0) is 30.7 Å². The molecule has 1 aliphatic heterocycles. The van der Waals surface area contributed by atoms with Crippen molar-refractivity contribution in [1.29, 1.82) is 0 Å². The first-order valence-electron chi connectivity index (χ1n) is 9.89. The van der Waals surface area contributed by atoms with Gasteiger partial charge in [0.25, 0.3) is 10.0 Å². The van der Waals surface area contributed by atoms with Gasteiger partial charge in [-0.3, -0.25) is 4.31 Å². The van der Waals surface area contributed by atoms with E-state index in [1.807, 2.05) is 68.6 Å². The van der Waals surface area contributed by atoms with Crippen LogP contribution < -0.4 is 0 Å². The zero-order chi connectivity index (χ0) is 20.9. The van der Waals surface area contributed by atoms with Gasteiger partial charge in [0.1, 0.15) is 0 Å². The van der Waals surface area contributed by atoms with E-state index in [4.69, 9.17) is 0 Å². The molecule has 4 nitrogen and oxygen atoms in total. The van der Waals surface area contributed by atoms with Crippen molar-refractivity contribution in [3.05, 3.63) is 107 Å². The lowest BCUT2D eigenvalue weighted by Crippen LogP contribution is -2.29. The average Bonchev–Trinajstić information content (AvgIpc) is 3.07. The van der Waals surface area contributed by atoms with E-state index in [0.717, 1.165) is 38.9 Å². The van der Waals surface area contributed by atoms with Crippen LogP contribution in [0.5, 0.6) is 0 Å². The van der Waals surface area contributed by atoms with E-state index in [0.29, 0.717) is 11.4 Å². The minimum atomic E-state index is -3.67. The maximum absolute atomic E-state index is 13.5. The number of para-hydroxylation sites is 1. The first-order chi connectivity index (χ1) is 14.5. The van der Waals surface area contributed by atoms with Crippen LogP contribution in [0.4, 0.5) is 0 Å².